The minimum atomic E-state index is 0.219. The molecule has 0 saturated carbocycles. The van der Waals surface area contributed by atoms with Crippen LogP contribution >= 0.6 is 0 Å². The largest absolute Gasteiger partial charge is 0.396 e. The van der Waals surface area contributed by atoms with Crippen LogP contribution in [-0.4, -0.2) is 36.5 Å². The van der Waals surface area contributed by atoms with Crippen LogP contribution in [0.4, 0.5) is 0 Å². The van der Waals surface area contributed by atoms with Crippen LogP contribution < -0.4 is 11.5 Å². The molecule has 4 nitrogen and oxygen atoms in total. The van der Waals surface area contributed by atoms with Gasteiger partial charge in [-0.25, -0.2) is 0 Å². The Balaban J connectivity index is 0. The number of aliphatic hydroxyl groups is 2. The molecule has 0 aliphatic carbocycles. The van der Waals surface area contributed by atoms with Crippen LogP contribution in [0.5, 0.6) is 0 Å². The van der Waals surface area contributed by atoms with Gasteiger partial charge >= 0.3 is 0 Å². The first-order valence-corrected chi connectivity index (χ1v) is 3.95. The summed E-state index contributed by atoms with van der Waals surface area (Å²) >= 11 is 0. The second-order valence-corrected chi connectivity index (χ2v) is 2.09. The van der Waals surface area contributed by atoms with E-state index in [4.69, 9.17) is 21.7 Å². The SMILES string of the molecule is NCCCCO.NCCCO. The molecule has 0 heterocycles. The third kappa shape index (κ3) is 25.8. The van der Waals surface area contributed by atoms with E-state index >= 15 is 0 Å². The first-order valence-electron chi connectivity index (χ1n) is 3.95. The Morgan fingerprint density at radius 2 is 1.18 bits per heavy atom. The van der Waals surface area contributed by atoms with Gasteiger partial charge in [0.1, 0.15) is 0 Å². The second kappa shape index (κ2) is 16.4. The van der Waals surface area contributed by atoms with Crippen molar-refractivity contribution in [3.63, 3.8) is 0 Å². The molecular formula is C7H20N2O2. The zero-order valence-electron chi connectivity index (χ0n) is 7.00. The first kappa shape index (κ1) is 13.4. The van der Waals surface area contributed by atoms with Crippen molar-refractivity contribution in [2.45, 2.75) is 19.3 Å². The van der Waals surface area contributed by atoms with Gasteiger partial charge in [0.25, 0.3) is 0 Å². The summed E-state index contributed by atoms with van der Waals surface area (Å²) in [6.45, 7) is 1.78. The number of aliphatic hydroxyl groups excluding tert-OH is 2. The maximum atomic E-state index is 8.14. The quantitative estimate of drug-likeness (QED) is 0.394. The number of rotatable bonds is 5. The second-order valence-electron chi connectivity index (χ2n) is 2.09. The summed E-state index contributed by atoms with van der Waals surface area (Å²) in [5.74, 6) is 0. The molecule has 0 unspecified atom stereocenters. The molecule has 0 bridgehead atoms. The lowest BCUT2D eigenvalue weighted by molar-refractivity contribution is 0.285. The van der Waals surface area contributed by atoms with Crippen LogP contribution in [0.15, 0.2) is 0 Å². The highest BCUT2D eigenvalue weighted by Crippen LogP contribution is 1.79. The van der Waals surface area contributed by atoms with Gasteiger partial charge in [-0.1, -0.05) is 0 Å². The van der Waals surface area contributed by atoms with E-state index in [1.54, 1.807) is 0 Å². The average Bonchev–Trinajstić information content (AvgIpc) is 2.04. The topological polar surface area (TPSA) is 92.5 Å². The zero-order chi connectivity index (χ0) is 8.95. The van der Waals surface area contributed by atoms with Crippen molar-refractivity contribution in [1.82, 2.24) is 0 Å². The molecule has 0 fully saturated rings. The monoisotopic (exact) mass is 164 g/mol. The fourth-order valence-electron chi connectivity index (χ4n) is 0.347. The summed E-state index contributed by atoms with van der Waals surface area (Å²) in [5, 5.41) is 16.1. The molecule has 70 valence electrons. The van der Waals surface area contributed by atoms with E-state index in [0.29, 0.717) is 13.1 Å². The Morgan fingerprint density at radius 1 is 0.727 bits per heavy atom. The molecule has 0 rings (SSSR count). The van der Waals surface area contributed by atoms with Gasteiger partial charge in [0.05, 0.1) is 0 Å². The number of hydrogen-bond donors (Lipinski definition) is 4. The molecule has 11 heavy (non-hydrogen) atoms. The molecular weight excluding hydrogens is 144 g/mol. The van der Waals surface area contributed by atoms with Crippen LogP contribution in [0, 0.1) is 0 Å². The predicted octanol–water partition coefficient (Wildman–Crippen LogP) is -0.955. The molecule has 0 saturated heterocycles. The van der Waals surface area contributed by atoms with Crippen LogP contribution in [0.1, 0.15) is 19.3 Å². The van der Waals surface area contributed by atoms with Gasteiger partial charge in [0.15, 0.2) is 0 Å². The summed E-state index contributed by atoms with van der Waals surface area (Å²) < 4.78 is 0. The maximum absolute atomic E-state index is 8.14. The highest BCUT2D eigenvalue weighted by atomic mass is 16.3. The fourth-order valence-corrected chi connectivity index (χ4v) is 0.347. The van der Waals surface area contributed by atoms with E-state index in [1.165, 1.54) is 0 Å². The Bertz CT molecular complexity index is 47.7. The van der Waals surface area contributed by atoms with Crippen LogP contribution in [0.2, 0.25) is 0 Å². The van der Waals surface area contributed by atoms with E-state index in [0.717, 1.165) is 19.3 Å². The van der Waals surface area contributed by atoms with E-state index in [-0.39, 0.29) is 13.2 Å². The minimum absolute atomic E-state index is 0.219. The van der Waals surface area contributed by atoms with Crippen molar-refractivity contribution in [3.05, 3.63) is 0 Å². The van der Waals surface area contributed by atoms with Gasteiger partial charge in [-0.05, 0) is 32.4 Å². The molecule has 4 heteroatoms. The lowest BCUT2D eigenvalue weighted by Gasteiger charge is -1.86. The Labute approximate surface area is 68.2 Å². The van der Waals surface area contributed by atoms with Gasteiger partial charge < -0.3 is 21.7 Å². The Kier molecular flexibility index (Phi) is 20.1. The van der Waals surface area contributed by atoms with E-state index in [9.17, 15) is 0 Å². The number of hydrogen-bond acceptors (Lipinski definition) is 4. The summed E-state index contributed by atoms with van der Waals surface area (Å²) in [6.07, 6.45) is 2.51. The lowest BCUT2D eigenvalue weighted by atomic mass is 10.3. The summed E-state index contributed by atoms with van der Waals surface area (Å²) in [4.78, 5) is 0. The molecule has 0 amide bonds. The van der Waals surface area contributed by atoms with Crippen LogP contribution in [-0.2, 0) is 0 Å². The lowest BCUT2D eigenvalue weighted by Crippen LogP contribution is -1.99. The minimum Gasteiger partial charge on any atom is -0.396 e. The Hall–Kier alpha value is -0.160. The van der Waals surface area contributed by atoms with Crippen molar-refractivity contribution in [2.75, 3.05) is 26.3 Å². The van der Waals surface area contributed by atoms with Crippen LogP contribution in [0.3, 0.4) is 0 Å². The van der Waals surface area contributed by atoms with Crippen LogP contribution in [0.25, 0.3) is 0 Å². The summed E-state index contributed by atoms with van der Waals surface area (Å²) in [7, 11) is 0. The third-order valence-corrected chi connectivity index (χ3v) is 0.974. The molecule has 0 radical (unpaired) electrons. The van der Waals surface area contributed by atoms with Gasteiger partial charge in [-0.3, -0.25) is 0 Å². The van der Waals surface area contributed by atoms with Crippen molar-refractivity contribution in [3.8, 4) is 0 Å². The van der Waals surface area contributed by atoms with Gasteiger partial charge in [-0.2, -0.15) is 0 Å². The predicted molar refractivity (Wildman–Crippen MR) is 46.1 cm³/mol. The number of unbranched alkanes of at least 4 members (excludes halogenated alkanes) is 1. The summed E-state index contributed by atoms with van der Waals surface area (Å²) in [6, 6.07) is 0. The highest BCUT2D eigenvalue weighted by molar-refractivity contribution is 4.34. The molecule has 0 aliphatic rings. The van der Waals surface area contributed by atoms with Gasteiger partial charge in [-0.15, -0.1) is 0 Å². The van der Waals surface area contributed by atoms with Crippen molar-refractivity contribution < 1.29 is 10.2 Å². The Morgan fingerprint density at radius 3 is 1.27 bits per heavy atom. The molecule has 0 aromatic rings. The fraction of sp³-hybridized carbons (Fsp3) is 1.00. The molecule has 0 aromatic carbocycles. The van der Waals surface area contributed by atoms with Gasteiger partial charge in [0.2, 0.25) is 0 Å². The maximum Gasteiger partial charge on any atom is 0.0443 e. The molecule has 0 atom stereocenters. The highest BCUT2D eigenvalue weighted by Gasteiger charge is 1.76. The van der Waals surface area contributed by atoms with Gasteiger partial charge in [0, 0.05) is 13.2 Å². The molecule has 0 aromatic heterocycles. The van der Waals surface area contributed by atoms with Crippen molar-refractivity contribution >= 4 is 0 Å². The van der Waals surface area contributed by atoms with E-state index < -0.39 is 0 Å². The zero-order valence-corrected chi connectivity index (χ0v) is 7.00. The van der Waals surface area contributed by atoms with E-state index in [1.807, 2.05) is 0 Å². The van der Waals surface area contributed by atoms with Crippen molar-refractivity contribution in [1.29, 1.82) is 0 Å². The standard InChI is InChI=1S/C4H11NO.C3H9NO/c5-3-1-2-4-6;4-2-1-3-5/h6H,1-5H2;5H,1-4H2. The molecule has 0 aliphatic heterocycles. The average molecular weight is 164 g/mol. The number of nitrogens with two attached hydrogens (primary N) is 2. The first-order chi connectivity index (χ1) is 5.33. The smallest absolute Gasteiger partial charge is 0.0443 e. The van der Waals surface area contributed by atoms with Crippen molar-refractivity contribution in [2.24, 2.45) is 11.5 Å². The third-order valence-electron chi connectivity index (χ3n) is 0.974. The summed E-state index contributed by atoms with van der Waals surface area (Å²) in [5.41, 5.74) is 10.1. The molecule has 0 spiro atoms. The van der Waals surface area contributed by atoms with E-state index in [2.05, 4.69) is 0 Å². The normalized spacial score (nSPS) is 8.73. The molecule has 6 N–H and O–H groups in total.